The maximum atomic E-state index is 6.26. The fourth-order valence-corrected chi connectivity index (χ4v) is 2.53. The molecule has 20 heavy (non-hydrogen) atoms. The number of benzene rings is 1. The van der Waals surface area contributed by atoms with Crippen molar-refractivity contribution < 1.29 is 0 Å². The molecule has 0 saturated heterocycles. The van der Waals surface area contributed by atoms with Crippen LogP contribution in [0, 0.1) is 6.92 Å². The van der Waals surface area contributed by atoms with Crippen molar-refractivity contribution in [1.29, 1.82) is 0 Å². The third kappa shape index (κ3) is 2.17. The number of hydrogen-bond donors (Lipinski definition) is 0. The number of aryl methyl sites for hydroxylation is 1. The van der Waals surface area contributed by atoms with E-state index in [0.717, 1.165) is 33.1 Å². The number of pyridine rings is 1. The van der Waals surface area contributed by atoms with Gasteiger partial charge >= 0.3 is 0 Å². The Balaban J connectivity index is 2.33. The number of fused-ring (bicyclic) bond motifs is 1. The van der Waals surface area contributed by atoms with Gasteiger partial charge in [-0.1, -0.05) is 17.7 Å². The highest BCUT2D eigenvalue weighted by Crippen LogP contribution is 2.29. The summed E-state index contributed by atoms with van der Waals surface area (Å²) in [6.07, 6.45) is 3.49. The van der Waals surface area contributed by atoms with E-state index in [0.29, 0.717) is 0 Å². The van der Waals surface area contributed by atoms with E-state index in [1.165, 1.54) is 0 Å². The largest absolute Gasteiger partial charge is 0.295 e. The highest BCUT2D eigenvalue weighted by Gasteiger charge is 2.16. The zero-order chi connectivity index (χ0) is 14.3. The predicted octanol–water partition coefficient (Wildman–Crippen LogP) is 4.68. The van der Waals surface area contributed by atoms with Crippen LogP contribution in [0.4, 0.5) is 0 Å². The van der Waals surface area contributed by atoms with Crippen LogP contribution < -0.4 is 0 Å². The molecule has 0 radical (unpaired) electrons. The third-order valence-electron chi connectivity index (χ3n) is 3.25. The van der Waals surface area contributed by atoms with E-state index in [4.69, 9.17) is 23.2 Å². The molecule has 0 spiro atoms. The first-order valence-corrected chi connectivity index (χ1v) is 7.12. The Morgan fingerprint density at radius 1 is 1.25 bits per heavy atom. The van der Waals surface area contributed by atoms with E-state index in [9.17, 15) is 0 Å². The molecule has 2 aromatic heterocycles. The first-order chi connectivity index (χ1) is 9.58. The Hall–Kier alpha value is -1.58. The van der Waals surface area contributed by atoms with Gasteiger partial charge in [-0.25, -0.2) is 4.98 Å². The van der Waals surface area contributed by atoms with Crippen LogP contribution in [0.3, 0.4) is 0 Å². The van der Waals surface area contributed by atoms with Crippen LogP contribution in [0.5, 0.6) is 0 Å². The first-order valence-electron chi connectivity index (χ1n) is 6.31. The van der Waals surface area contributed by atoms with Crippen molar-refractivity contribution in [2.45, 2.75) is 19.2 Å². The molecule has 0 aliphatic carbocycles. The second kappa shape index (κ2) is 5.08. The average molecular weight is 306 g/mol. The van der Waals surface area contributed by atoms with Crippen molar-refractivity contribution in [3.05, 3.63) is 53.1 Å². The molecule has 0 N–H and O–H groups in total. The zero-order valence-corrected chi connectivity index (χ0v) is 12.7. The quantitative estimate of drug-likeness (QED) is 0.643. The molecular formula is C15H13Cl2N3. The first kappa shape index (κ1) is 13.4. The molecule has 5 heteroatoms. The van der Waals surface area contributed by atoms with Crippen LogP contribution in [-0.4, -0.2) is 14.5 Å². The summed E-state index contributed by atoms with van der Waals surface area (Å²) < 4.78 is 2.03. The summed E-state index contributed by atoms with van der Waals surface area (Å²) in [5, 5.41) is 0.522. The Labute approximate surface area is 127 Å². The zero-order valence-electron chi connectivity index (χ0n) is 11.1. The minimum absolute atomic E-state index is 0.206. The lowest BCUT2D eigenvalue weighted by Gasteiger charge is -2.11. The molecule has 0 bridgehead atoms. The van der Waals surface area contributed by atoms with Crippen molar-refractivity contribution in [1.82, 2.24) is 14.5 Å². The Morgan fingerprint density at radius 3 is 2.75 bits per heavy atom. The average Bonchev–Trinajstić information content (AvgIpc) is 2.81. The molecule has 0 aliphatic rings. The van der Waals surface area contributed by atoms with Gasteiger partial charge in [0.05, 0.1) is 17.1 Å². The number of nitrogens with zero attached hydrogens (tertiary/aromatic N) is 3. The number of aromatic nitrogens is 3. The molecule has 1 unspecified atom stereocenters. The lowest BCUT2D eigenvalue weighted by Crippen LogP contribution is -2.02. The van der Waals surface area contributed by atoms with Gasteiger partial charge in [-0.2, -0.15) is 0 Å². The highest BCUT2D eigenvalue weighted by atomic mass is 35.5. The monoisotopic (exact) mass is 305 g/mol. The second-order valence-corrected chi connectivity index (χ2v) is 5.78. The van der Waals surface area contributed by atoms with Crippen molar-refractivity contribution in [2.24, 2.45) is 0 Å². The summed E-state index contributed by atoms with van der Waals surface area (Å²) in [7, 11) is 0. The third-order valence-corrected chi connectivity index (χ3v) is 3.85. The van der Waals surface area contributed by atoms with Crippen molar-refractivity contribution >= 4 is 34.2 Å². The Bertz CT molecular complexity index is 778. The highest BCUT2D eigenvalue weighted by molar-refractivity contribution is 6.31. The van der Waals surface area contributed by atoms with E-state index >= 15 is 0 Å². The van der Waals surface area contributed by atoms with Crippen molar-refractivity contribution in [3.8, 4) is 5.69 Å². The molecule has 3 rings (SSSR count). The summed E-state index contributed by atoms with van der Waals surface area (Å²) >= 11 is 12.5. The van der Waals surface area contributed by atoms with E-state index in [-0.39, 0.29) is 5.38 Å². The molecule has 2 heterocycles. The van der Waals surface area contributed by atoms with Crippen molar-refractivity contribution in [3.63, 3.8) is 0 Å². The molecular weight excluding hydrogens is 293 g/mol. The number of halogens is 2. The van der Waals surface area contributed by atoms with Gasteiger partial charge in [-0.15, -0.1) is 11.6 Å². The minimum Gasteiger partial charge on any atom is -0.295 e. The SMILES string of the molecule is Cc1ccc(-n2c(C(C)Cl)nc3cnccc32)cc1Cl. The van der Waals surface area contributed by atoms with Crippen LogP contribution >= 0.6 is 23.2 Å². The van der Waals surface area contributed by atoms with Crippen LogP contribution in [0.25, 0.3) is 16.7 Å². The minimum atomic E-state index is -0.206. The van der Waals surface area contributed by atoms with Crippen LogP contribution in [0.15, 0.2) is 36.7 Å². The summed E-state index contributed by atoms with van der Waals surface area (Å²) in [4.78, 5) is 8.67. The normalized spacial score (nSPS) is 12.8. The Kier molecular flexibility index (Phi) is 3.40. The number of imidazole rings is 1. The van der Waals surface area contributed by atoms with Crippen LogP contribution in [0.1, 0.15) is 23.7 Å². The van der Waals surface area contributed by atoms with E-state index < -0.39 is 0 Å². The van der Waals surface area contributed by atoms with Gasteiger partial charge in [0, 0.05) is 16.9 Å². The van der Waals surface area contributed by atoms with Crippen LogP contribution in [0.2, 0.25) is 5.02 Å². The summed E-state index contributed by atoms with van der Waals surface area (Å²) in [6.45, 7) is 3.88. The van der Waals surface area contributed by atoms with Gasteiger partial charge in [-0.05, 0) is 37.6 Å². The Morgan fingerprint density at radius 2 is 2.05 bits per heavy atom. The summed E-state index contributed by atoms with van der Waals surface area (Å²) in [5.41, 5.74) is 3.80. The maximum absolute atomic E-state index is 6.26. The van der Waals surface area contributed by atoms with Gasteiger partial charge in [0.15, 0.2) is 0 Å². The predicted molar refractivity (Wildman–Crippen MR) is 82.9 cm³/mol. The number of alkyl halides is 1. The fraction of sp³-hybridized carbons (Fsp3) is 0.200. The van der Waals surface area contributed by atoms with Gasteiger partial charge < -0.3 is 0 Å². The van der Waals surface area contributed by atoms with Gasteiger partial charge in [0.1, 0.15) is 11.3 Å². The molecule has 0 fully saturated rings. The molecule has 3 nitrogen and oxygen atoms in total. The summed E-state index contributed by atoms with van der Waals surface area (Å²) in [5.74, 6) is 0.787. The lowest BCUT2D eigenvalue weighted by atomic mass is 10.2. The molecule has 1 atom stereocenters. The van der Waals surface area contributed by atoms with Gasteiger partial charge in [-0.3, -0.25) is 9.55 Å². The van der Waals surface area contributed by atoms with E-state index in [2.05, 4.69) is 9.97 Å². The molecule has 0 amide bonds. The molecule has 3 aromatic rings. The lowest BCUT2D eigenvalue weighted by molar-refractivity contribution is 0.882. The molecule has 0 aliphatic heterocycles. The molecule has 0 saturated carbocycles. The van der Waals surface area contributed by atoms with Crippen molar-refractivity contribution in [2.75, 3.05) is 0 Å². The van der Waals surface area contributed by atoms with Gasteiger partial charge in [0.25, 0.3) is 0 Å². The number of hydrogen-bond acceptors (Lipinski definition) is 2. The fourth-order valence-electron chi connectivity index (χ4n) is 2.21. The molecule has 102 valence electrons. The van der Waals surface area contributed by atoms with Gasteiger partial charge in [0.2, 0.25) is 0 Å². The molecule has 1 aromatic carbocycles. The summed E-state index contributed by atoms with van der Waals surface area (Å²) in [6, 6.07) is 7.87. The van der Waals surface area contributed by atoms with Crippen LogP contribution in [-0.2, 0) is 0 Å². The van der Waals surface area contributed by atoms with E-state index in [1.54, 1.807) is 12.4 Å². The standard InChI is InChI=1S/C15H13Cl2N3/c1-9-3-4-11(7-12(9)17)20-14-5-6-18-8-13(14)19-15(20)10(2)16/h3-8,10H,1-2H3. The van der Waals surface area contributed by atoms with E-state index in [1.807, 2.05) is 42.7 Å². The smallest absolute Gasteiger partial charge is 0.132 e. The maximum Gasteiger partial charge on any atom is 0.132 e. The second-order valence-electron chi connectivity index (χ2n) is 4.72. The topological polar surface area (TPSA) is 30.7 Å². The number of rotatable bonds is 2.